The molecular weight excluding hydrogens is 322 g/mol. The molecule has 0 spiro atoms. The molecule has 2 N–H and O–H groups in total. The molecule has 0 aliphatic heterocycles. The van der Waals surface area contributed by atoms with Gasteiger partial charge < -0.3 is 15.2 Å². The zero-order chi connectivity index (χ0) is 18.6. The number of phenols is 1. The van der Waals surface area contributed by atoms with Gasteiger partial charge in [-0.25, -0.2) is 4.79 Å². The van der Waals surface area contributed by atoms with Crippen LogP contribution >= 0.6 is 0 Å². The van der Waals surface area contributed by atoms with Crippen LogP contribution in [-0.2, 0) is 9.53 Å². The minimum absolute atomic E-state index is 0.00365. The summed E-state index contributed by atoms with van der Waals surface area (Å²) in [5.74, 6) is -1.57. The molecule has 0 saturated carbocycles. The van der Waals surface area contributed by atoms with Crippen LogP contribution in [0.4, 0.5) is 5.69 Å². The number of aryl methyl sites for hydroxylation is 1. The molecule has 1 amide bonds. The van der Waals surface area contributed by atoms with Gasteiger partial charge in [0.2, 0.25) is 0 Å². The lowest BCUT2D eigenvalue weighted by molar-refractivity contribution is -0.123. The van der Waals surface area contributed by atoms with Gasteiger partial charge in [0.1, 0.15) is 11.3 Å². The number of Topliss-reactive ketones (excluding diaryl/α,β-unsaturated/α-hetero) is 1. The van der Waals surface area contributed by atoms with Crippen molar-refractivity contribution in [3.05, 3.63) is 59.2 Å². The first-order valence-electron chi connectivity index (χ1n) is 7.70. The fourth-order valence-corrected chi connectivity index (χ4v) is 2.12. The number of carbonyl (C=O) groups excluding carboxylic acids is 3. The summed E-state index contributed by atoms with van der Waals surface area (Å²) in [6.45, 7) is 4.67. The van der Waals surface area contributed by atoms with E-state index < -0.39 is 18.0 Å². The van der Waals surface area contributed by atoms with Gasteiger partial charge in [-0.3, -0.25) is 9.59 Å². The lowest BCUT2D eigenvalue weighted by Gasteiger charge is -2.14. The molecule has 130 valence electrons. The molecule has 0 radical (unpaired) electrons. The number of amides is 1. The van der Waals surface area contributed by atoms with Crippen molar-refractivity contribution in [2.24, 2.45) is 0 Å². The van der Waals surface area contributed by atoms with E-state index in [4.69, 9.17) is 4.74 Å². The third kappa shape index (κ3) is 4.67. The molecule has 0 aliphatic carbocycles. The molecule has 0 fully saturated rings. The fraction of sp³-hybridized carbons (Fsp3) is 0.211. The van der Waals surface area contributed by atoms with Gasteiger partial charge in [-0.15, -0.1) is 0 Å². The number of hydrogen-bond donors (Lipinski definition) is 2. The van der Waals surface area contributed by atoms with Crippen LogP contribution in [0.25, 0.3) is 0 Å². The highest BCUT2D eigenvalue weighted by atomic mass is 16.5. The number of benzene rings is 2. The Morgan fingerprint density at radius 1 is 1.08 bits per heavy atom. The summed E-state index contributed by atoms with van der Waals surface area (Å²) in [5, 5.41) is 12.4. The second kappa shape index (κ2) is 7.61. The van der Waals surface area contributed by atoms with Gasteiger partial charge in [-0.2, -0.15) is 0 Å². The average molecular weight is 341 g/mol. The van der Waals surface area contributed by atoms with E-state index in [1.165, 1.54) is 26.0 Å². The number of carbonyl (C=O) groups is 3. The van der Waals surface area contributed by atoms with Crippen LogP contribution in [0.5, 0.6) is 5.75 Å². The Balaban J connectivity index is 1.99. The molecule has 2 aromatic rings. The van der Waals surface area contributed by atoms with E-state index in [1.807, 2.05) is 0 Å². The number of hydrogen-bond acceptors (Lipinski definition) is 5. The maximum atomic E-state index is 12.1. The third-order valence-electron chi connectivity index (χ3n) is 3.59. The first kappa shape index (κ1) is 18.2. The van der Waals surface area contributed by atoms with Crippen LogP contribution in [0.15, 0.2) is 42.5 Å². The standard InChI is InChI=1S/C19H19NO5/c1-11-4-9-16(17(22)10-11)19(24)25-13(3)18(23)20-15-7-5-14(6-8-15)12(2)21/h4-10,13,22H,1-3H3,(H,20,23). The third-order valence-corrected chi connectivity index (χ3v) is 3.59. The summed E-state index contributed by atoms with van der Waals surface area (Å²) in [7, 11) is 0. The van der Waals surface area contributed by atoms with Crippen LogP contribution < -0.4 is 5.32 Å². The second-order valence-corrected chi connectivity index (χ2v) is 5.69. The zero-order valence-corrected chi connectivity index (χ0v) is 14.2. The number of anilines is 1. The summed E-state index contributed by atoms with van der Waals surface area (Å²) in [5.41, 5.74) is 1.81. The number of phenolic OH excluding ortho intramolecular Hbond substituents is 1. The van der Waals surface area contributed by atoms with Gasteiger partial charge in [-0.1, -0.05) is 6.07 Å². The Morgan fingerprint density at radius 2 is 1.72 bits per heavy atom. The molecule has 0 aromatic heterocycles. The van der Waals surface area contributed by atoms with E-state index >= 15 is 0 Å². The number of nitrogens with one attached hydrogen (secondary N) is 1. The van der Waals surface area contributed by atoms with Gasteiger partial charge in [0.05, 0.1) is 0 Å². The molecule has 0 saturated heterocycles. The lowest BCUT2D eigenvalue weighted by Crippen LogP contribution is -2.30. The van der Waals surface area contributed by atoms with Gasteiger partial charge in [0.25, 0.3) is 5.91 Å². The summed E-state index contributed by atoms with van der Waals surface area (Å²) < 4.78 is 5.09. The highest BCUT2D eigenvalue weighted by Gasteiger charge is 2.21. The molecule has 2 aromatic carbocycles. The minimum atomic E-state index is -1.05. The Hall–Kier alpha value is -3.15. The lowest BCUT2D eigenvalue weighted by atomic mass is 10.1. The topological polar surface area (TPSA) is 92.7 Å². The number of esters is 1. The Bertz CT molecular complexity index is 811. The predicted molar refractivity (Wildman–Crippen MR) is 92.8 cm³/mol. The van der Waals surface area contributed by atoms with Crippen LogP contribution in [0.2, 0.25) is 0 Å². The van der Waals surface area contributed by atoms with E-state index in [-0.39, 0.29) is 17.1 Å². The molecular formula is C19H19NO5. The zero-order valence-electron chi connectivity index (χ0n) is 14.2. The van der Waals surface area contributed by atoms with E-state index in [0.717, 1.165) is 5.56 Å². The molecule has 0 bridgehead atoms. The summed E-state index contributed by atoms with van der Waals surface area (Å²) >= 11 is 0. The Labute approximate surface area is 145 Å². The van der Waals surface area contributed by atoms with Crippen LogP contribution in [0, 0.1) is 6.92 Å². The smallest absolute Gasteiger partial charge is 0.342 e. The highest BCUT2D eigenvalue weighted by molar-refractivity contribution is 5.99. The molecule has 0 aliphatic rings. The molecule has 1 atom stereocenters. The van der Waals surface area contributed by atoms with E-state index in [0.29, 0.717) is 11.3 Å². The van der Waals surface area contributed by atoms with Crippen molar-refractivity contribution in [2.75, 3.05) is 5.32 Å². The quantitative estimate of drug-likeness (QED) is 0.644. The van der Waals surface area contributed by atoms with Crippen molar-refractivity contribution in [3.8, 4) is 5.75 Å². The largest absolute Gasteiger partial charge is 0.507 e. The van der Waals surface area contributed by atoms with Gasteiger partial charge >= 0.3 is 5.97 Å². The maximum absolute atomic E-state index is 12.1. The van der Waals surface area contributed by atoms with E-state index in [1.54, 1.807) is 37.3 Å². The van der Waals surface area contributed by atoms with E-state index in [2.05, 4.69) is 5.32 Å². The normalized spacial score (nSPS) is 11.5. The molecule has 0 heterocycles. The van der Waals surface area contributed by atoms with Crippen molar-refractivity contribution >= 4 is 23.3 Å². The molecule has 1 unspecified atom stereocenters. The van der Waals surface area contributed by atoms with Crippen molar-refractivity contribution < 1.29 is 24.2 Å². The average Bonchev–Trinajstić information content (AvgIpc) is 2.55. The first-order chi connectivity index (χ1) is 11.8. The highest BCUT2D eigenvalue weighted by Crippen LogP contribution is 2.20. The number of rotatable bonds is 5. The summed E-state index contributed by atoms with van der Waals surface area (Å²) in [4.78, 5) is 35.4. The SMILES string of the molecule is CC(=O)c1ccc(NC(=O)C(C)OC(=O)c2ccc(C)cc2O)cc1. The number of ketones is 1. The second-order valence-electron chi connectivity index (χ2n) is 5.69. The van der Waals surface area contributed by atoms with E-state index in [9.17, 15) is 19.5 Å². The predicted octanol–water partition coefficient (Wildman–Crippen LogP) is 3.09. The fourth-order valence-electron chi connectivity index (χ4n) is 2.12. The molecule has 6 nitrogen and oxygen atoms in total. The van der Waals surface area contributed by atoms with Crippen molar-refractivity contribution in [2.45, 2.75) is 26.9 Å². The molecule has 25 heavy (non-hydrogen) atoms. The van der Waals surface area contributed by atoms with Crippen molar-refractivity contribution in [1.82, 2.24) is 0 Å². The maximum Gasteiger partial charge on any atom is 0.342 e. The summed E-state index contributed by atoms with van der Waals surface area (Å²) in [6.07, 6.45) is -1.05. The van der Waals surface area contributed by atoms with Crippen LogP contribution in [-0.4, -0.2) is 28.9 Å². The van der Waals surface area contributed by atoms with Crippen molar-refractivity contribution in [1.29, 1.82) is 0 Å². The number of aromatic hydroxyl groups is 1. The van der Waals surface area contributed by atoms with Crippen molar-refractivity contribution in [3.63, 3.8) is 0 Å². The van der Waals surface area contributed by atoms with Gasteiger partial charge in [0.15, 0.2) is 11.9 Å². The molecule has 6 heteroatoms. The van der Waals surface area contributed by atoms with Gasteiger partial charge in [-0.05, 0) is 62.7 Å². The number of ether oxygens (including phenoxy) is 1. The monoisotopic (exact) mass is 341 g/mol. The Kier molecular flexibility index (Phi) is 5.54. The van der Waals surface area contributed by atoms with Crippen LogP contribution in [0.3, 0.4) is 0 Å². The Morgan fingerprint density at radius 3 is 2.28 bits per heavy atom. The van der Waals surface area contributed by atoms with Gasteiger partial charge in [0, 0.05) is 11.3 Å². The minimum Gasteiger partial charge on any atom is -0.507 e. The van der Waals surface area contributed by atoms with Crippen LogP contribution in [0.1, 0.15) is 40.1 Å². The molecule has 2 rings (SSSR count). The summed E-state index contributed by atoms with van der Waals surface area (Å²) in [6, 6.07) is 10.9. The first-order valence-corrected chi connectivity index (χ1v) is 7.70.